The number of hydrogen-bond donors (Lipinski definition) is 1. The molecule has 0 aliphatic carbocycles. The Morgan fingerprint density at radius 1 is 1.67 bits per heavy atom. The lowest BCUT2D eigenvalue weighted by Crippen LogP contribution is -1.69. The molecule has 0 aromatic rings. The molecule has 0 saturated carbocycles. The highest BCUT2D eigenvalue weighted by atomic mass is 127. The molecule has 0 aromatic heterocycles. The summed E-state index contributed by atoms with van der Waals surface area (Å²) >= 11 is 6.27. The summed E-state index contributed by atoms with van der Waals surface area (Å²) in [6.07, 6.45) is 0. The van der Waals surface area contributed by atoms with Crippen molar-refractivity contribution < 1.29 is 0 Å². The maximum atomic E-state index is 4.02. The molecule has 0 spiro atoms. The Morgan fingerprint density at radius 3 is 2.50 bits per heavy atom. The second kappa shape index (κ2) is 6.78. The lowest BCUT2D eigenvalue weighted by molar-refractivity contribution is 1.58. The first kappa shape index (κ1) is 7.78. The van der Waals surface area contributed by atoms with Gasteiger partial charge in [-0.1, -0.05) is 10.8 Å². The summed E-state index contributed by atoms with van der Waals surface area (Å²) in [5.74, 6) is 2.14. The van der Waals surface area contributed by atoms with E-state index < -0.39 is 0 Å². The summed E-state index contributed by atoms with van der Waals surface area (Å²) < 4.78 is 0. The van der Waals surface area contributed by atoms with Crippen LogP contribution in [0, 0.1) is 0 Å². The topological polar surface area (TPSA) is 0 Å². The largest absolute Gasteiger partial charge is 0.178 e. The van der Waals surface area contributed by atoms with E-state index in [0.717, 1.165) is 11.5 Å². The van der Waals surface area contributed by atoms with Crippen LogP contribution in [0.25, 0.3) is 0 Å². The van der Waals surface area contributed by atoms with Crippen molar-refractivity contribution in [1.29, 1.82) is 0 Å². The Balaban J connectivity index is 2.34. The van der Waals surface area contributed by atoms with Crippen LogP contribution in [-0.2, 0) is 0 Å². The van der Waals surface area contributed by atoms with Crippen LogP contribution >= 0.6 is 52.6 Å². The predicted molar refractivity (Wildman–Crippen MR) is 47.9 cm³/mol. The monoisotopic (exact) mass is 252 g/mol. The van der Waals surface area contributed by atoms with Gasteiger partial charge in [0, 0.05) is 32.7 Å². The first-order valence-electron chi connectivity index (χ1n) is 1.43. The summed E-state index contributed by atoms with van der Waals surface area (Å²) in [5.41, 5.74) is 0. The van der Waals surface area contributed by atoms with Crippen LogP contribution in [0.5, 0.6) is 0 Å². The summed E-state index contributed by atoms with van der Waals surface area (Å²) in [6.45, 7) is 0. The van der Waals surface area contributed by atoms with E-state index >= 15 is 0 Å². The maximum absolute atomic E-state index is 4.02. The minimum atomic E-state index is 0.987. The Bertz CT molecular complexity index is 20.8. The first-order valence-corrected chi connectivity index (χ1v) is 6.92. The average Bonchev–Trinajstić information content (AvgIpc) is 1.61. The molecule has 6 heavy (non-hydrogen) atoms. The molecule has 4 heteroatoms. The van der Waals surface area contributed by atoms with Gasteiger partial charge < -0.3 is 0 Å². The zero-order valence-corrected chi connectivity index (χ0v) is 7.74. The highest BCUT2D eigenvalue weighted by Gasteiger charge is 1.77. The van der Waals surface area contributed by atoms with E-state index in [1.165, 1.54) is 0 Å². The maximum Gasteiger partial charge on any atom is 0.0133 e. The molecule has 38 valence electrons. The van der Waals surface area contributed by atoms with E-state index in [9.17, 15) is 0 Å². The second-order valence-electron chi connectivity index (χ2n) is 0.609. The molecule has 0 saturated heterocycles. The fraction of sp³-hybridized carbons (Fsp3) is 1.00. The van der Waals surface area contributed by atoms with Crippen molar-refractivity contribution in [3.63, 3.8) is 0 Å². The molecule has 0 aliphatic rings. The van der Waals surface area contributed by atoms with Crippen molar-refractivity contribution in [3.05, 3.63) is 0 Å². The highest BCUT2D eigenvalue weighted by Crippen LogP contribution is 2.27. The lowest BCUT2D eigenvalue weighted by Gasteiger charge is -1.83. The summed E-state index contributed by atoms with van der Waals surface area (Å²) in [7, 11) is 3.60. The normalized spacial score (nSPS) is 9.00. The van der Waals surface area contributed by atoms with E-state index in [4.69, 9.17) is 0 Å². The Kier molecular flexibility index (Phi) is 8.79. The van der Waals surface area contributed by atoms with Gasteiger partial charge in [-0.15, -0.1) is 0 Å². The Labute approximate surface area is 63.6 Å². The minimum Gasteiger partial charge on any atom is -0.178 e. The SMILES string of the molecule is SCCSSI. The molecule has 0 fully saturated rings. The molecule has 0 nitrogen and oxygen atoms in total. The van der Waals surface area contributed by atoms with Crippen LogP contribution in [0.1, 0.15) is 0 Å². The number of halogens is 1. The van der Waals surface area contributed by atoms with E-state index in [1.54, 1.807) is 7.97 Å². The third-order valence-corrected chi connectivity index (χ3v) is 4.26. The van der Waals surface area contributed by atoms with Gasteiger partial charge in [0.15, 0.2) is 0 Å². The van der Waals surface area contributed by atoms with Crippen molar-refractivity contribution in [1.82, 2.24) is 0 Å². The lowest BCUT2D eigenvalue weighted by atomic mass is 11.0. The average molecular weight is 252 g/mol. The predicted octanol–water partition coefficient (Wildman–Crippen LogP) is 2.65. The molecule has 0 aliphatic heterocycles. The van der Waals surface area contributed by atoms with Crippen LogP contribution in [0.2, 0.25) is 0 Å². The van der Waals surface area contributed by atoms with Crippen LogP contribution in [-0.4, -0.2) is 11.5 Å². The van der Waals surface area contributed by atoms with Crippen molar-refractivity contribution in [3.8, 4) is 0 Å². The van der Waals surface area contributed by atoms with Gasteiger partial charge >= 0.3 is 0 Å². The zero-order valence-electron chi connectivity index (χ0n) is 3.06. The molecular formula is C2H5IS3. The van der Waals surface area contributed by atoms with Crippen molar-refractivity contribution >= 4 is 52.6 Å². The van der Waals surface area contributed by atoms with Gasteiger partial charge in [-0.3, -0.25) is 0 Å². The molecule has 0 N–H and O–H groups in total. The minimum absolute atomic E-state index is 0.987. The van der Waals surface area contributed by atoms with E-state index in [2.05, 4.69) is 33.8 Å². The summed E-state index contributed by atoms with van der Waals surface area (Å²) in [4.78, 5) is 0. The van der Waals surface area contributed by atoms with Crippen LogP contribution in [0.15, 0.2) is 0 Å². The molecule has 0 radical (unpaired) electrons. The van der Waals surface area contributed by atoms with Crippen LogP contribution in [0.3, 0.4) is 0 Å². The van der Waals surface area contributed by atoms with Crippen molar-refractivity contribution in [2.24, 2.45) is 0 Å². The second-order valence-corrected chi connectivity index (χ2v) is 6.15. The number of rotatable bonds is 3. The van der Waals surface area contributed by atoms with Gasteiger partial charge in [0.1, 0.15) is 0 Å². The molecule has 0 aromatic carbocycles. The molecule has 0 heterocycles. The number of thiol groups is 1. The van der Waals surface area contributed by atoms with Crippen molar-refractivity contribution in [2.45, 2.75) is 0 Å². The molecule has 0 bridgehead atoms. The smallest absolute Gasteiger partial charge is 0.0133 e. The highest BCUT2D eigenvalue weighted by molar-refractivity contribution is 14.2. The van der Waals surface area contributed by atoms with Crippen LogP contribution in [0.4, 0.5) is 0 Å². The zero-order chi connectivity index (χ0) is 4.83. The molecule has 0 amide bonds. The molecular weight excluding hydrogens is 247 g/mol. The third kappa shape index (κ3) is 5.78. The van der Waals surface area contributed by atoms with E-state index in [1.807, 2.05) is 10.8 Å². The molecule has 0 rings (SSSR count). The first-order chi connectivity index (χ1) is 2.91. The molecule has 0 atom stereocenters. The van der Waals surface area contributed by atoms with Gasteiger partial charge in [0.25, 0.3) is 0 Å². The van der Waals surface area contributed by atoms with Crippen LogP contribution < -0.4 is 0 Å². The summed E-state index contributed by atoms with van der Waals surface area (Å²) in [6, 6.07) is 0. The van der Waals surface area contributed by atoms with E-state index in [0.29, 0.717) is 0 Å². The quantitative estimate of drug-likeness (QED) is 0.355. The van der Waals surface area contributed by atoms with E-state index in [-0.39, 0.29) is 0 Å². The molecule has 0 unspecified atom stereocenters. The van der Waals surface area contributed by atoms with Gasteiger partial charge in [0.2, 0.25) is 0 Å². The summed E-state index contributed by atoms with van der Waals surface area (Å²) in [5, 5.41) is 0. The van der Waals surface area contributed by atoms with Gasteiger partial charge in [-0.05, 0) is 7.97 Å². The van der Waals surface area contributed by atoms with Gasteiger partial charge in [0.05, 0.1) is 0 Å². The third-order valence-electron chi connectivity index (χ3n) is 0.219. The van der Waals surface area contributed by atoms with Gasteiger partial charge in [-0.25, -0.2) is 0 Å². The van der Waals surface area contributed by atoms with Gasteiger partial charge in [-0.2, -0.15) is 12.6 Å². The Hall–Kier alpha value is 1.78. The van der Waals surface area contributed by atoms with Crippen molar-refractivity contribution in [2.75, 3.05) is 11.5 Å². The fourth-order valence-electron chi connectivity index (χ4n) is 0.0688. The standard InChI is InChI=1S/C2H5IS3/c3-6-5-2-1-4/h4H,1-2H2. The number of hydrogen-bond acceptors (Lipinski definition) is 3. The fourth-order valence-corrected chi connectivity index (χ4v) is 2.91. The Morgan fingerprint density at radius 2 is 2.33 bits per heavy atom.